The average Bonchev–Trinajstić information content (AvgIpc) is 2.47. The van der Waals surface area contributed by atoms with E-state index in [1.165, 1.54) is 7.11 Å². The Kier molecular flexibility index (Phi) is 4.47. The summed E-state index contributed by atoms with van der Waals surface area (Å²) in [6.07, 6.45) is 3.47. The SMILES string of the molecule is CONC(=O)c1ccc(OCc2cccnc2)cc1. The van der Waals surface area contributed by atoms with Gasteiger partial charge in [-0.1, -0.05) is 6.07 Å². The van der Waals surface area contributed by atoms with Crippen LogP contribution in [0.1, 0.15) is 15.9 Å². The molecule has 0 aliphatic heterocycles. The first-order chi connectivity index (χ1) is 9.29. The molecule has 0 aliphatic carbocycles. The van der Waals surface area contributed by atoms with Gasteiger partial charge in [0.05, 0.1) is 7.11 Å². The summed E-state index contributed by atoms with van der Waals surface area (Å²) in [7, 11) is 1.39. The molecule has 1 heterocycles. The van der Waals surface area contributed by atoms with Gasteiger partial charge < -0.3 is 4.74 Å². The lowest BCUT2D eigenvalue weighted by atomic mass is 10.2. The molecule has 98 valence electrons. The molecule has 1 amide bonds. The second-order valence-corrected chi connectivity index (χ2v) is 3.81. The fourth-order valence-electron chi connectivity index (χ4n) is 1.50. The van der Waals surface area contributed by atoms with Crippen LogP contribution in [0.4, 0.5) is 0 Å². The summed E-state index contributed by atoms with van der Waals surface area (Å²) in [6, 6.07) is 10.6. The Morgan fingerprint density at radius 3 is 2.68 bits per heavy atom. The topological polar surface area (TPSA) is 60.5 Å². The van der Waals surface area contributed by atoms with Crippen LogP contribution in [0.25, 0.3) is 0 Å². The number of carbonyl (C=O) groups excluding carboxylic acids is 1. The molecule has 5 nitrogen and oxygen atoms in total. The molecule has 0 saturated heterocycles. The molecule has 1 N–H and O–H groups in total. The number of benzene rings is 1. The van der Waals surface area contributed by atoms with Crippen molar-refractivity contribution in [3.8, 4) is 5.75 Å². The van der Waals surface area contributed by atoms with Crippen LogP contribution in [0.5, 0.6) is 5.75 Å². The fourth-order valence-corrected chi connectivity index (χ4v) is 1.50. The molecular weight excluding hydrogens is 244 g/mol. The van der Waals surface area contributed by atoms with Crippen molar-refractivity contribution >= 4 is 5.91 Å². The van der Waals surface area contributed by atoms with E-state index in [0.29, 0.717) is 17.9 Å². The van der Waals surface area contributed by atoms with Crippen LogP contribution in [0.2, 0.25) is 0 Å². The maximum Gasteiger partial charge on any atom is 0.274 e. The Bertz CT molecular complexity index is 526. The molecule has 0 unspecified atom stereocenters. The molecule has 0 radical (unpaired) electrons. The Morgan fingerprint density at radius 1 is 1.26 bits per heavy atom. The number of hydrogen-bond acceptors (Lipinski definition) is 4. The van der Waals surface area contributed by atoms with Crippen molar-refractivity contribution < 1.29 is 14.4 Å². The molecule has 0 aliphatic rings. The molecule has 0 fully saturated rings. The molecule has 19 heavy (non-hydrogen) atoms. The molecule has 2 rings (SSSR count). The predicted molar refractivity (Wildman–Crippen MR) is 69.5 cm³/mol. The molecule has 1 aromatic heterocycles. The summed E-state index contributed by atoms with van der Waals surface area (Å²) in [5.41, 5.74) is 3.75. The lowest BCUT2D eigenvalue weighted by molar-refractivity contribution is 0.0537. The first kappa shape index (κ1) is 13.0. The molecule has 0 atom stereocenters. The quantitative estimate of drug-likeness (QED) is 0.833. The highest BCUT2D eigenvalue weighted by molar-refractivity contribution is 5.93. The number of nitrogens with one attached hydrogen (secondary N) is 1. The Morgan fingerprint density at radius 2 is 2.05 bits per heavy atom. The van der Waals surface area contributed by atoms with Crippen LogP contribution < -0.4 is 10.2 Å². The van der Waals surface area contributed by atoms with E-state index in [9.17, 15) is 4.79 Å². The predicted octanol–water partition coefficient (Wildman–Crippen LogP) is 1.95. The number of hydroxylamine groups is 1. The molecule has 0 saturated carbocycles. The van der Waals surface area contributed by atoms with Crippen LogP contribution >= 0.6 is 0 Å². The second-order valence-electron chi connectivity index (χ2n) is 3.81. The minimum absolute atomic E-state index is 0.290. The van der Waals surface area contributed by atoms with Gasteiger partial charge in [0.25, 0.3) is 5.91 Å². The zero-order valence-corrected chi connectivity index (χ0v) is 10.5. The van der Waals surface area contributed by atoms with Crippen molar-refractivity contribution in [3.63, 3.8) is 0 Å². The van der Waals surface area contributed by atoms with E-state index >= 15 is 0 Å². The van der Waals surface area contributed by atoms with Crippen molar-refractivity contribution in [1.29, 1.82) is 0 Å². The van der Waals surface area contributed by atoms with Crippen LogP contribution in [0.3, 0.4) is 0 Å². The first-order valence-electron chi connectivity index (χ1n) is 5.74. The molecule has 0 bridgehead atoms. The summed E-state index contributed by atoms with van der Waals surface area (Å²) in [5, 5.41) is 0. The van der Waals surface area contributed by atoms with Crippen molar-refractivity contribution in [2.24, 2.45) is 0 Å². The van der Waals surface area contributed by atoms with E-state index < -0.39 is 0 Å². The van der Waals surface area contributed by atoms with Gasteiger partial charge >= 0.3 is 0 Å². The van der Waals surface area contributed by atoms with Crippen molar-refractivity contribution in [3.05, 3.63) is 59.9 Å². The van der Waals surface area contributed by atoms with E-state index in [0.717, 1.165) is 5.56 Å². The van der Waals surface area contributed by atoms with Gasteiger partial charge in [-0.3, -0.25) is 14.6 Å². The lowest BCUT2D eigenvalue weighted by Crippen LogP contribution is -2.21. The number of hydrogen-bond donors (Lipinski definition) is 1. The van der Waals surface area contributed by atoms with E-state index in [1.54, 1.807) is 36.7 Å². The summed E-state index contributed by atoms with van der Waals surface area (Å²) in [6.45, 7) is 0.442. The number of rotatable bonds is 5. The minimum Gasteiger partial charge on any atom is -0.489 e. The maximum atomic E-state index is 11.5. The Labute approximate surface area is 111 Å². The number of aromatic nitrogens is 1. The largest absolute Gasteiger partial charge is 0.489 e. The third-order valence-corrected chi connectivity index (χ3v) is 2.44. The highest BCUT2D eigenvalue weighted by Crippen LogP contribution is 2.14. The van der Waals surface area contributed by atoms with Gasteiger partial charge in [-0.05, 0) is 30.3 Å². The highest BCUT2D eigenvalue weighted by atomic mass is 16.6. The van der Waals surface area contributed by atoms with Gasteiger partial charge in [0.2, 0.25) is 0 Å². The molecule has 2 aromatic rings. The van der Waals surface area contributed by atoms with Crippen molar-refractivity contribution in [2.75, 3.05) is 7.11 Å². The van der Waals surface area contributed by atoms with E-state index in [4.69, 9.17) is 4.74 Å². The van der Waals surface area contributed by atoms with Gasteiger partial charge in [-0.2, -0.15) is 0 Å². The third kappa shape index (κ3) is 3.79. The minimum atomic E-state index is -0.290. The van der Waals surface area contributed by atoms with E-state index in [2.05, 4.69) is 15.3 Å². The number of amides is 1. The second kappa shape index (κ2) is 6.51. The van der Waals surface area contributed by atoms with Gasteiger partial charge in [-0.25, -0.2) is 5.48 Å². The summed E-state index contributed by atoms with van der Waals surface area (Å²) >= 11 is 0. The average molecular weight is 258 g/mol. The van der Waals surface area contributed by atoms with E-state index in [1.807, 2.05) is 12.1 Å². The molecule has 0 spiro atoms. The summed E-state index contributed by atoms with van der Waals surface area (Å²) < 4.78 is 5.58. The van der Waals surface area contributed by atoms with E-state index in [-0.39, 0.29) is 5.91 Å². The molecule has 5 heteroatoms. The molecule has 1 aromatic carbocycles. The maximum absolute atomic E-state index is 11.5. The standard InChI is InChI=1S/C14H14N2O3/c1-18-16-14(17)12-4-6-13(7-5-12)19-10-11-3-2-8-15-9-11/h2-9H,10H2,1H3,(H,16,17). The van der Waals surface area contributed by atoms with Crippen molar-refractivity contribution in [1.82, 2.24) is 10.5 Å². The zero-order valence-electron chi connectivity index (χ0n) is 10.5. The summed E-state index contributed by atoms with van der Waals surface area (Å²) in [4.78, 5) is 20.0. The Hall–Kier alpha value is -2.40. The monoisotopic (exact) mass is 258 g/mol. The number of ether oxygens (including phenoxy) is 1. The van der Waals surface area contributed by atoms with Gasteiger partial charge in [0, 0.05) is 23.5 Å². The number of carbonyl (C=O) groups is 1. The van der Waals surface area contributed by atoms with Crippen molar-refractivity contribution in [2.45, 2.75) is 6.61 Å². The lowest BCUT2D eigenvalue weighted by Gasteiger charge is -2.07. The zero-order chi connectivity index (χ0) is 13.5. The fraction of sp³-hybridized carbons (Fsp3) is 0.143. The van der Waals surface area contributed by atoms with Crippen LogP contribution in [0, 0.1) is 0 Å². The number of nitrogens with zero attached hydrogens (tertiary/aromatic N) is 1. The van der Waals surface area contributed by atoms with Crippen LogP contribution in [-0.2, 0) is 11.4 Å². The first-order valence-corrected chi connectivity index (χ1v) is 5.74. The normalized spacial score (nSPS) is 9.95. The highest BCUT2D eigenvalue weighted by Gasteiger charge is 2.04. The smallest absolute Gasteiger partial charge is 0.274 e. The molecular formula is C14H14N2O3. The van der Waals surface area contributed by atoms with Crippen LogP contribution in [-0.4, -0.2) is 18.0 Å². The Balaban J connectivity index is 1.94. The summed E-state index contributed by atoms with van der Waals surface area (Å²) in [5.74, 6) is 0.402. The number of pyridine rings is 1. The van der Waals surface area contributed by atoms with Gasteiger partial charge in [-0.15, -0.1) is 0 Å². The van der Waals surface area contributed by atoms with Crippen LogP contribution in [0.15, 0.2) is 48.8 Å². The van der Waals surface area contributed by atoms with Gasteiger partial charge in [0.15, 0.2) is 0 Å². The third-order valence-electron chi connectivity index (χ3n) is 2.44. The van der Waals surface area contributed by atoms with Gasteiger partial charge in [0.1, 0.15) is 12.4 Å².